The number of carbonyl (C=O) groups is 3. The van der Waals surface area contributed by atoms with E-state index >= 15 is 0 Å². The number of aromatic nitrogens is 2. The normalized spacial score (nSPS) is 16.3. The predicted molar refractivity (Wildman–Crippen MR) is 182 cm³/mol. The fraction of sp³-hybridized carbons (Fsp3) is 0.382. The van der Waals surface area contributed by atoms with Crippen LogP contribution in [0.3, 0.4) is 0 Å². The number of fused-ring (bicyclic) bond motifs is 2. The van der Waals surface area contributed by atoms with Gasteiger partial charge >= 0.3 is 0 Å². The van der Waals surface area contributed by atoms with Crippen LogP contribution >= 0.6 is 22.9 Å². The monoisotopic (exact) mass is 660 g/mol. The van der Waals surface area contributed by atoms with Crippen LogP contribution in [0, 0.1) is 6.92 Å². The highest BCUT2D eigenvalue weighted by molar-refractivity contribution is 7.21. The second-order valence-electron chi connectivity index (χ2n) is 11.7. The molecule has 6 rings (SSSR count). The van der Waals surface area contributed by atoms with Gasteiger partial charge in [-0.05, 0) is 91.2 Å². The van der Waals surface area contributed by atoms with Gasteiger partial charge in [-0.25, -0.2) is 4.98 Å². The number of morpholine rings is 1. The summed E-state index contributed by atoms with van der Waals surface area (Å²) in [6.45, 7) is 9.03. The summed E-state index contributed by atoms with van der Waals surface area (Å²) in [7, 11) is 0. The van der Waals surface area contributed by atoms with E-state index in [1.54, 1.807) is 6.92 Å². The Morgan fingerprint density at radius 2 is 1.70 bits per heavy atom. The van der Waals surface area contributed by atoms with Crippen molar-refractivity contribution >= 4 is 62.4 Å². The minimum absolute atomic E-state index is 0.0597. The van der Waals surface area contributed by atoms with Gasteiger partial charge in [0, 0.05) is 50.4 Å². The SMILES string of the molecule is CC(=O)N1c2ccc(-c3ccc(C(=O)NCCCNC(=O)c4sc5c(N6CCOCC6)nc(Cl)nc5c4C)cc3)cc2CC[C@@H]1C. The number of aryl methyl sites for hydroxylation is 2. The zero-order chi connectivity index (χ0) is 32.4. The molecule has 2 aliphatic heterocycles. The maximum Gasteiger partial charge on any atom is 0.261 e. The number of amides is 3. The molecule has 2 N–H and O–H groups in total. The molecule has 2 aliphatic rings. The van der Waals surface area contributed by atoms with Gasteiger partial charge in [0.05, 0.1) is 28.3 Å². The van der Waals surface area contributed by atoms with Gasteiger partial charge < -0.3 is 25.2 Å². The molecule has 0 unspecified atom stereocenters. The number of nitrogens with one attached hydrogen (secondary N) is 2. The molecule has 0 saturated carbocycles. The average molecular weight is 661 g/mol. The first kappa shape index (κ1) is 31.9. The second kappa shape index (κ2) is 13.7. The van der Waals surface area contributed by atoms with Gasteiger partial charge in [0.1, 0.15) is 0 Å². The van der Waals surface area contributed by atoms with E-state index in [2.05, 4.69) is 38.5 Å². The van der Waals surface area contributed by atoms with Gasteiger partial charge in [0.2, 0.25) is 11.2 Å². The molecule has 2 aromatic heterocycles. The average Bonchev–Trinajstić information content (AvgIpc) is 3.39. The third-order valence-electron chi connectivity index (χ3n) is 8.59. The Labute approximate surface area is 277 Å². The number of hydrogen-bond acceptors (Lipinski definition) is 8. The van der Waals surface area contributed by atoms with Crippen molar-refractivity contribution in [3.05, 3.63) is 69.3 Å². The van der Waals surface area contributed by atoms with Crippen molar-refractivity contribution in [1.29, 1.82) is 0 Å². The highest BCUT2D eigenvalue weighted by Gasteiger charge is 2.27. The van der Waals surface area contributed by atoms with E-state index in [9.17, 15) is 14.4 Å². The largest absolute Gasteiger partial charge is 0.378 e. The van der Waals surface area contributed by atoms with Crippen LogP contribution in [0.15, 0.2) is 42.5 Å². The molecule has 1 fully saturated rings. The molecule has 0 radical (unpaired) electrons. The van der Waals surface area contributed by atoms with Crippen molar-refractivity contribution < 1.29 is 19.1 Å². The van der Waals surface area contributed by atoms with E-state index in [1.807, 2.05) is 48.2 Å². The van der Waals surface area contributed by atoms with Crippen LogP contribution in [-0.2, 0) is 16.0 Å². The lowest BCUT2D eigenvalue weighted by Gasteiger charge is -2.34. The van der Waals surface area contributed by atoms with Crippen LogP contribution < -0.4 is 20.4 Å². The van der Waals surface area contributed by atoms with E-state index < -0.39 is 0 Å². The van der Waals surface area contributed by atoms with Gasteiger partial charge in [0.15, 0.2) is 5.82 Å². The zero-order valence-corrected chi connectivity index (χ0v) is 27.8. The van der Waals surface area contributed by atoms with Crippen molar-refractivity contribution in [3.63, 3.8) is 0 Å². The molecule has 0 aliphatic carbocycles. The molecule has 1 saturated heterocycles. The lowest BCUT2D eigenvalue weighted by Crippen LogP contribution is -2.40. The van der Waals surface area contributed by atoms with E-state index in [1.165, 1.54) is 11.3 Å². The Hall–Kier alpha value is -4.06. The fourth-order valence-corrected chi connectivity index (χ4v) is 7.50. The van der Waals surface area contributed by atoms with Gasteiger partial charge in [-0.15, -0.1) is 11.3 Å². The summed E-state index contributed by atoms with van der Waals surface area (Å²) in [6.07, 6.45) is 2.44. The Morgan fingerprint density at radius 1 is 1.00 bits per heavy atom. The number of thiophene rings is 1. The van der Waals surface area contributed by atoms with Gasteiger partial charge in [0.25, 0.3) is 11.8 Å². The fourth-order valence-electron chi connectivity index (χ4n) is 6.15. The number of nitrogens with zero attached hydrogens (tertiary/aromatic N) is 4. The summed E-state index contributed by atoms with van der Waals surface area (Å²) in [4.78, 5) is 51.5. The number of carbonyl (C=O) groups excluding carboxylic acids is 3. The standard InChI is InChI=1S/C34H37ClN6O4S/c1-20-5-6-26-19-25(11-12-27(26)41(20)22(3)42)23-7-9-24(10-8-23)32(43)36-13-4-14-37-33(44)29-21(2)28-30(46-29)31(39-34(35)38-28)40-15-17-45-18-16-40/h7-12,19-20H,4-6,13-18H2,1-3H3,(H,36,43)(H,37,44)/t20-/m0/s1. The van der Waals surface area contributed by atoms with Crippen molar-refractivity contribution in [2.45, 2.75) is 46.1 Å². The van der Waals surface area contributed by atoms with Crippen LogP contribution in [0.25, 0.3) is 21.3 Å². The second-order valence-corrected chi connectivity index (χ2v) is 13.1. The Kier molecular flexibility index (Phi) is 9.53. The van der Waals surface area contributed by atoms with E-state index in [4.69, 9.17) is 16.3 Å². The molecule has 3 amide bonds. The van der Waals surface area contributed by atoms with Crippen LogP contribution in [0.4, 0.5) is 11.5 Å². The van der Waals surface area contributed by atoms with E-state index in [0.717, 1.165) is 51.3 Å². The van der Waals surface area contributed by atoms with Crippen molar-refractivity contribution in [2.75, 3.05) is 49.2 Å². The van der Waals surface area contributed by atoms with Crippen molar-refractivity contribution in [1.82, 2.24) is 20.6 Å². The number of hydrogen-bond donors (Lipinski definition) is 2. The van der Waals surface area contributed by atoms with Gasteiger partial charge in [-0.2, -0.15) is 4.98 Å². The molecule has 0 spiro atoms. The number of benzene rings is 2. The lowest BCUT2D eigenvalue weighted by atomic mass is 9.93. The first-order valence-corrected chi connectivity index (χ1v) is 16.8. The first-order chi connectivity index (χ1) is 22.2. The molecule has 1 atom stereocenters. The maximum atomic E-state index is 13.1. The Morgan fingerprint density at radius 3 is 2.41 bits per heavy atom. The summed E-state index contributed by atoms with van der Waals surface area (Å²) in [6, 6.07) is 13.9. The van der Waals surface area contributed by atoms with Crippen LogP contribution in [-0.4, -0.2) is 73.1 Å². The molecule has 2 aromatic carbocycles. The predicted octanol–water partition coefficient (Wildman–Crippen LogP) is 5.39. The summed E-state index contributed by atoms with van der Waals surface area (Å²) in [5, 5.41) is 6.07. The van der Waals surface area contributed by atoms with E-state index in [0.29, 0.717) is 61.8 Å². The Balaban J connectivity index is 1.01. The molecule has 4 heterocycles. The third-order valence-corrected chi connectivity index (χ3v) is 10.0. The van der Waals surface area contributed by atoms with E-state index in [-0.39, 0.29) is 29.0 Å². The maximum absolute atomic E-state index is 13.1. The highest BCUT2D eigenvalue weighted by atomic mass is 35.5. The third kappa shape index (κ3) is 6.58. The minimum Gasteiger partial charge on any atom is -0.378 e. The number of anilines is 2. The highest BCUT2D eigenvalue weighted by Crippen LogP contribution is 2.37. The summed E-state index contributed by atoms with van der Waals surface area (Å²) in [5.41, 5.74) is 6.25. The minimum atomic E-state index is -0.183. The quantitative estimate of drug-likeness (QED) is 0.192. The van der Waals surface area contributed by atoms with Gasteiger partial charge in [-0.3, -0.25) is 14.4 Å². The molecule has 0 bridgehead atoms. The molecule has 46 heavy (non-hydrogen) atoms. The van der Waals surface area contributed by atoms with Crippen LogP contribution in [0.2, 0.25) is 5.28 Å². The zero-order valence-electron chi connectivity index (χ0n) is 26.2. The lowest BCUT2D eigenvalue weighted by molar-refractivity contribution is -0.117. The van der Waals surface area contributed by atoms with Gasteiger partial charge in [-0.1, -0.05) is 18.2 Å². The molecule has 4 aromatic rings. The number of halogens is 1. The van der Waals surface area contributed by atoms with Crippen molar-refractivity contribution in [3.8, 4) is 11.1 Å². The Bertz CT molecular complexity index is 1790. The number of ether oxygens (including phenoxy) is 1. The summed E-state index contributed by atoms with van der Waals surface area (Å²) < 4.78 is 6.31. The van der Waals surface area contributed by atoms with Crippen LogP contribution in [0.5, 0.6) is 0 Å². The topological polar surface area (TPSA) is 117 Å². The summed E-state index contributed by atoms with van der Waals surface area (Å²) >= 11 is 7.62. The summed E-state index contributed by atoms with van der Waals surface area (Å²) in [5.74, 6) is 0.446. The molecule has 10 nitrogen and oxygen atoms in total. The molecular formula is C34H37ClN6O4S. The van der Waals surface area contributed by atoms with Crippen molar-refractivity contribution in [2.24, 2.45) is 0 Å². The molecule has 12 heteroatoms. The molecular weight excluding hydrogens is 624 g/mol. The van der Waals surface area contributed by atoms with Crippen LogP contribution in [0.1, 0.15) is 57.8 Å². The molecule has 240 valence electrons. The number of rotatable bonds is 8. The first-order valence-electron chi connectivity index (χ1n) is 15.6. The smallest absolute Gasteiger partial charge is 0.261 e.